The van der Waals surface area contributed by atoms with Crippen molar-refractivity contribution in [2.24, 2.45) is 4.99 Å². The molecule has 118 valence electrons. The van der Waals surface area contributed by atoms with E-state index in [1.54, 1.807) is 0 Å². The van der Waals surface area contributed by atoms with Crippen LogP contribution in [0.4, 0.5) is 5.69 Å². The van der Waals surface area contributed by atoms with Crippen molar-refractivity contribution >= 4 is 12.0 Å². The van der Waals surface area contributed by atoms with Crippen molar-refractivity contribution in [3.8, 4) is 0 Å². The van der Waals surface area contributed by atoms with E-state index in [0.717, 1.165) is 25.3 Å². The molecule has 1 aromatic carbocycles. The normalized spacial score (nSPS) is 11.1. The quantitative estimate of drug-likeness (QED) is 0.262. The highest BCUT2D eigenvalue weighted by atomic mass is 16.5. The first-order chi connectivity index (χ1) is 10.4. The van der Waals surface area contributed by atoms with Gasteiger partial charge in [0, 0.05) is 6.61 Å². The average molecular weight is 292 g/mol. The smallest absolute Gasteiger partial charge is 0.113 e. The van der Waals surface area contributed by atoms with Crippen LogP contribution >= 0.6 is 0 Å². The summed E-state index contributed by atoms with van der Waals surface area (Å²) in [6, 6.07) is 7.93. The van der Waals surface area contributed by atoms with Gasteiger partial charge < -0.3 is 4.74 Å². The third kappa shape index (κ3) is 9.21. The second kappa shape index (κ2) is 12.4. The first-order valence-electron chi connectivity index (χ1n) is 7.95. The SMILES string of the molecule is CCCCCCCCOCCc1ccc(N=CNO)cc1. The third-order valence-electron chi connectivity index (χ3n) is 3.38. The summed E-state index contributed by atoms with van der Waals surface area (Å²) in [7, 11) is 0. The van der Waals surface area contributed by atoms with Gasteiger partial charge in [-0.1, -0.05) is 51.2 Å². The molecule has 0 amide bonds. The van der Waals surface area contributed by atoms with Gasteiger partial charge in [-0.3, -0.25) is 10.7 Å². The molecule has 0 saturated carbocycles. The molecule has 21 heavy (non-hydrogen) atoms. The van der Waals surface area contributed by atoms with E-state index in [-0.39, 0.29) is 0 Å². The number of hydrogen-bond donors (Lipinski definition) is 2. The molecule has 2 N–H and O–H groups in total. The van der Waals surface area contributed by atoms with Gasteiger partial charge in [-0.15, -0.1) is 0 Å². The predicted octanol–water partition coefficient (Wildman–Crippen LogP) is 4.24. The van der Waals surface area contributed by atoms with Gasteiger partial charge in [0.1, 0.15) is 6.34 Å². The molecule has 0 unspecified atom stereocenters. The molecule has 4 heteroatoms. The molecule has 0 spiro atoms. The molecule has 0 aliphatic rings. The van der Waals surface area contributed by atoms with Crippen LogP contribution in [0.5, 0.6) is 0 Å². The van der Waals surface area contributed by atoms with Crippen LogP contribution in [0.25, 0.3) is 0 Å². The maximum atomic E-state index is 8.41. The second-order valence-electron chi connectivity index (χ2n) is 5.18. The zero-order chi connectivity index (χ0) is 15.2. The summed E-state index contributed by atoms with van der Waals surface area (Å²) in [5, 5.41) is 8.41. The molecule has 4 nitrogen and oxygen atoms in total. The molecule has 0 fully saturated rings. The summed E-state index contributed by atoms with van der Waals surface area (Å²) in [4.78, 5) is 4.00. The van der Waals surface area contributed by atoms with Gasteiger partial charge in [-0.05, 0) is 30.5 Å². The van der Waals surface area contributed by atoms with Gasteiger partial charge in [0.15, 0.2) is 0 Å². The van der Waals surface area contributed by atoms with E-state index >= 15 is 0 Å². The van der Waals surface area contributed by atoms with Crippen molar-refractivity contribution in [1.82, 2.24) is 5.48 Å². The Labute approximate surface area is 128 Å². The Kier molecular flexibility index (Phi) is 10.4. The Morgan fingerprint density at radius 2 is 1.76 bits per heavy atom. The number of ether oxygens (including phenoxy) is 1. The fourth-order valence-corrected chi connectivity index (χ4v) is 2.13. The standard InChI is InChI=1S/C17H28N2O2/c1-2-3-4-5-6-7-13-21-14-12-16-8-10-17(11-9-16)18-15-19-20/h8-11,15,20H,2-7,12-14H2,1H3,(H,18,19). The predicted molar refractivity (Wildman–Crippen MR) is 87.4 cm³/mol. The maximum absolute atomic E-state index is 8.41. The van der Waals surface area contributed by atoms with Crippen molar-refractivity contribution in [2.75, 3.05) is 13.2 Å². The summed E-state index contributed by atoms with van der Waals surface area (Å²) < 4.78 is 5.67. The summed E-state index contributed by atoms with van der Waals surface area (Å²) in [6.07, 6.45) is 9.99. The third-order valence-corrected chi connectivity index (χ3v) is 3.38. The first-order valence-corrected chi connectivity index (χ1v) is 7.95. The minimum atomic E-state index is 0.774. The molecule has 0 atom stereocenters. The maximum Gasteiger partial charge on any atom is 0.113 e. The van der Waals surface area contributed by atoms with Crippen molar-refractivity contribution in [1.29, 1.82) is 0 Å². The lowest BCUT2D eigenvalue weighted by atomic mass is 10.1. The summed E-state index contributed by atoms with van der Waals surface area (Å²) >= 11 is 0. The topological polar surface area (TPSA) is 53.8 Å². The summed E-state index contributed by atoms with van der Waals surface area (Å²) in [6.45, 7) is 3.89. The molecule has 0 aliphatic carbocycles. The molecule has 1 aromatic rings. The van der Waals surface area contributed by atoms with Crippen LogP contribution in [0.1, 0.15) is 51.0 Å². The summed E-state index contributed by atoms with van der Waals surface area (Å²) in [5.74, 6) is 0. The van der Waals surface area contributed by atoms with Crippen molar-refractivity contribution in [3.05, 3.63) is 29.8 Å². The van der Waals surface area contributed by atoms with Crippen molar-refractivity contribution in [2.45, 2.75) is 51.9 Å². The van der Waals surface area contributed by atoms with E-state index in [2.05, 4.69) is 11.9 Å². The molecule has 0 bridgehead atoms. The first kappa shape index (κ1) is 17.7. The largest absolute Gasteiger partial charge is 0.381 e. The van der Waals surface area contributed by atoms with Crippen LogP contribution < -0.4 is 5.48 Å². The molecule has 0 aromatic heterocycles. The van der Waals surface area contributed by atoms with E-state index in [9.17, 15) is 0 Å². The van der Waals surface area contributed by atoms with Crippen molar-refractivity contribution < 1.29 is 9.94 Å². The number of hydroxylamine groups is 1. The monoisotopic (exact) mass is 292 g/mol. The van der Waals surface area contributed by atoms with Crippen LogP contribution in [-0.4, -0.2) is 24.8 Å². The van der Waals surface area contributed by atoms with Gasteiger partial charge >= 0.3 is 0 Å². The Morgan fingerprint density at radius 3 is 2.48 bits per heavy atom. The molecular formula is C17H28N2O2. The Bertz CT molecular complexity index is 377. The Hall–Kier alpha value is -1.39. The lowest BCUT2D eigenvalue weighted by Gasteiger charge is -2.05. The molecule has 1 rings (SSSR count). The van der Waals surface area contributed by atoms with Crippen LogP contribution in [0.2, 0.25) is 0 Å². The lowest BCUT2D eigenvalue weighted by molar-refractivity contribution is 0.133. The van der Waals surface area contributed by atoms with Crippen molar-refractivity contribution in [3.63, 3.8) is 0 Å². The molecule has 0 saturated heterocycles. The minimum absolute atomic E-state index is 0.774. The number of rotatable bonds is 12. The van der Waals surface area contributed by atoms with E-state index in [4.69, 9.17) is 9.94 Å². The van der Waals surface area contributed by atoms with E-state index in [1.165, 1.54) is 50.4 Å². The number of unbranched alkanes of at least 4 members (excludes halogenated alkanes) is 5. The van der Waals surface area contributed by atoms with E-state index in [1.807, 2.05) is 29.7 Å². The number of hydrogen-bond acceptors (Lipinski definition) is 3. The van der Waals surface area contributed by atoms with Crippen LogP contribution in [0, 0.1) is 0 Å². The minimum Gasteiger partial charge on any atom is -0.381 e. The Balaban J connectivity index is 2.03. The fraction of sp³-hybridized carbons (Fsp3) is 0.588. The lowest BCUT2D eigenvalue weighted by Crippen LogP contribution is -2.01. The zero-order valence-corrected chi connectivity index (χ0v) is 13.1. The average Bonchev–Trinajstić information content (AvgIpc) is 2.52. The van der Waals surface area contributed by atoms with Gasteiger partial charge in [0.05, 0.1) is 12.3 Å². The molecule has 0 heterocycles. The molecule has 0 radical (unpaired) electrons. The number of aliphatic imine (C=N–C) groups is 1. The van der Waals surface area contributed by atoms with E-state index < -0.39 is 0 Å². The zero-order valence-electron chi connectivity index (χ0n) is 13.1. The molecule has 0 aliphatic heterocycles. The van der Waals surface area contributed by atoms with Crippen LogP contribution in [0.3, 0.4) is 0 Å². The summed E-state index contributed by atoms with van der Waals surface area (Å²) in [5.41, 5.74) is 3.95. The van der Waals surface area contributed by atoms with E-state index in [0.29, 0.717) is 0 Å². The second-order valence-corrected chi connectivity index (χ2v) is 5.18. The Morgan fingerprint density at radius 1 is 1.05 bits per heavy atom. The number of benzene rings is 1. The number of nitrogens with zero attached hydrogens (tertiary/aromatic N) is 1. The van der Waals surface area contributed by atoms with Crippen LogP contribution in [0.15, 0.2) is 29.3 Å². The van der Waals surface area contributed by atoms with Crippen LogP contribution in [-0.2, 0) is 11.2 Å². The van der Waals surface area contributed by atoms with Gasteiger partial charge in [0.2, 0.25) is 0 Å². The van der Waals surface area contributed by atoms with Gasteiger partial charge in [-0.25, -0.2) is 4.99 Å². The highest BCUT2D eigenvalue weighted by Gasteiger charge is 1.95. The van der Waals surface area contributed by atoms with Gasteiger partial charge in [-0.2, -0.15) is 0 Å². The number of nitrogens with one attached hydrogen (secondary N) is 1. The van der Waals surface area contributed by atoms with Gasteiger partial charge in [0.25, 0.3) is 0 Å². The highest BCUT2D eigenvalue weighted by molar-refractivity contribution is 5.59. The molecular weight excluding hydrogens is 264 g/mol. The fourth-order valence-electron chi connectivity index (χ4n) is 2.13. The highest BCUT2D eigenvalue weighted by Crippen LogP contribution is 2.12.